The largest absolute Gasteiger partial charge is 0.478 e. The number of aryl methyl sites for hydroxylation is 1. The monoisotopic (exact) mass is 260 g/mol. The van der Waals surface area contributed by atoms with Gasteiger partial charge in [-0.2, -0.15) is 0 Å². The van der Waals surface area contributed by atoms with Crippen molar-refractivity contribution in [2.24, 2.45) is 0 Å². The van der Waals surface area contributed by atoms with Crippen molar-refractivity contribution in [2.45, 2.75) is 20.3 Å². The molecular weight excluding hydrogens is 244 g/mol. The van der Waals surface area contributed by atoms with Gasteiger partial charge in [0, 0.05) is 18.7 Å². The number of hydrogen-bond acceptors (Lipinski definition) is 2. The fraction of sp³-hybridized carbons (Fsp3) is 0.286. The summed E-state index contributed by atoms with van der Waals surface area (Å²) < 4.78 is 0. The van der Waals surface area contributed by atoms with E-state index in [1.807, 2.05) is 0 Å². The van der Waals surface area contributed by atoms with Crippen molar-refractivity contribution in [1.82, 2.24) is 5.32 Å². The minimum Gasteiger partial charge on any atom is -0.478 e. The number of carbonyl (C=O) groups is 2. The van der Waals surface area contributed by atoms with Crippen LogP contribution in [-0.2, 0) is 0 Å². The first kappa shape index (κ1) is 14.6. The van der Waals surface area contributed by atoms with Crippen LogP contribution < -0.4 is 10.6 Å². The molecular formula is C14H16N2O3. The molecule has 0 unspecified atom stereocenters. The highest BCUT2D eigenvalue weighted by Gasteiger charge is 2.07. The Hall–Kier alpha value is -2.48. The molecule has 0 saturated heterocycles. The number of aromatic carboxylic acids is 1. The highest BCUT2D eigenvalue weighted by atomic mass is 16.4. The van der Waals surface area contributed by atoms with Gasteiger partial charge in [-0.1, -0.05) is 0 Å². The predicted octanol–water partition coefficient (Wildman–Crippen LogP) is 2.23. The summed E-state index contributed by atoms with van der Waals surface area (Å²) in [7, 11) is 0. The van der Waals surface area contributed by atoms with Gasteiger partial charge in [0.1, 0.15) is 0 Å². The standard InChI is InChI=1S/C14H16N2O3/c1-3-4-5-8-15-14(19)16-12-7-6-11(13(17)18)9-10(12)2/h6-7,9H,5,8H2,1-2H3,(H,17,18)(H2,15,16,19). The molecule has 2 amide bonds. The lowest BCUT2D eigenvalue weighted by Gasteiger charge is -2.09. The molecule has 3 N–H and O–H groups in total. The molecule has 0 aliphatic heterocycles. The van der Waals surface area contributed by atoms with Crippen LogP contribution in [0.25, 0.3) is 0 Å². The molecule has 100 valence electrons. The SMILES string of the molecule is CC#CCCNC(=O)Nc1ccc(C(=O)O)cc1C. The smallest absolute Gasteiger partial charge is 0.335 e. The quantitative estimate of drug-likeness (QED) is 0.573. The number of nitrogens with one attached hydrogen (secondary N) is 2. The van der Waals surface area contributed by atoms with Gasteiger partial charge in [0.05, 0.1) is 5.56 Å². The number of carbonyl (C=O) groups excluding carboxylic acids is 1. The summed E-state index contributed by atoms with van der Waals surface area (Å²) in [4.78, 5) is 22.3. The van der Waals surface area contributed by atoms with Crippen LogP contribution in [0.3, 0.4) is 0 Å². The number of anilines is 1. The van der Waals surface area contributed by atoms with E-state index in [4.69, 9.17) is 5.11 Å². The van der Waals surface area contributed by atoms with Crippen molar-refractivity contribution >= 4 is 17.7 Å². The average Bonchev–Trinajstić information content (AvgIpc) is 2.37. The van der Waals surface area contributed by atoms with Crippen molar-refractivity contribution in [2.75, 3.05) is 11.9 Å². The van der Waals surface area contributed by atoms with Crippen LogP contribution in [0.1, 0.15) is 29.3 Å². The topological polar surface area (TPSA) is 78.4 Å². The molecule has 1 aromatic carbocycles. The zero-order chi connectivity index (χ0) is 14.3. The molecule has 5 heteroatoms. The zero-order valence-electron chi connectivity index (χ0n) is 10.9. The van der Waals surface area contributed by atoms with E-state index in [-0.39, 0.29) is 11.6 Å². The van der Waals surface area contributed by atoms with Crippen molar-refractivity contribution in [1.29, 1.82) is 0 Å². The second-order valence-electron chi connectivity index (χ2n) is 3.89. The first-order valence-corrected chi connectivity index (χ1v) is 5.83. The van der Waals surface area contributed by atoms with Gasteiger partial charge >= 0.3 is 12.0 Å². The lowest BCUT2D eigenvalue weighted by molar-refractivity contribution is 0.0697. The van der Waals surface area contributed by atoms with Crippen LogP contribution in [-0.4, -0.2) is 23.7 Å². The van der Waals surface area contributed by atoms with Crippen molar-refractivity contribution in [3.05, 3.63) is 29.3 Å². The van der Waals surface area contributed by atoms with E-state index in [2.05, 4.69) is 22.5 Å². The molecule has 0 atom stereocenters. The lowest BCUT2D eigenvalue weighted by atomic mass is 10.1. The van der Waals surface area contributed by atoms with Crippen LogP contribution in [0.4, 0.5) is 10.5 Å². The Morgan fingerprint density at radius 2 is 2.11 bits per heavy atom. The second kappa shape index (κ2) is 7.07. The van der Waals surface area contributed by atoms with Gasteiger partial charge in [-0.15, -0.1) is 11.8 Å². The number of urea groups is 1. The van der Waals surface area contributed by atoms with E-state index in [0.29, 0.717) is 24.2 Å². The molecule has 0 bridgehead atoms. The van der Waals surface area contributed by atoms with E-state index in [1.54, 1.807) is 19.9 Å². The van der Waals surface area contributed by atoms with Crippen molar-refractivity contribution in [3.63, 3.8) is 0 Å². The molecule has 5 nitrogen and oxygen atoms in total. The minimum absolute atomic E-state index is 0.196. The Morgan fingerprint density at radius 3 is 2.68 bits per heavy atom. The average molecular weight is 260 g/mol. The fourth-order valence-corrected chi connectivity index (χ4v) is 1.47. The molecule has 0 saturated carbocycles. The van der Waals surface area contributed by atoms with Gasteiger partial charge in [0.25, 0.3) is 0 Å². The Bertz CT molecular complexity index is 541. The molecule has 0 aliphatic carbocycles. The maximum absolute atomic E-state index is 11.6. The third-order valence-corrected chi connectivity index (χ3v) is 2.43. The van der Waals surface area contributed by atoms with Gasteiger partial charge < -0.3 is 15.7 Å². The van der Waals surface area contributed by atoms with Gasteiger partial charge in [0.15, 0.2) is 0 Å². The number of benzene rings is 1. The van der Waals surface area contributed by atoms with Gasteiger partial charge in [-0.3, -0.25) is 0 Å². The molecule has 0 spiro atoms. The molecule has 0 radical (unpaired) electrons. The highest BCUT2D eigenvalue weighted by molar-refractivity contribution is 5.92. The van der Waals surface area contributed by atoms with E-state index >= 15 is 0 Å². The van der Waals surface area contributed by atoms with E-state index < -0.39 is 5.97 Å². The Kier molecular flexibility index (Phi) is 5.42. The first-order valence-electron chi connectivity index (χ1n) is 5.83. The zero-order valence-corrected chi connectivity index (χ0v) is 10.9. The number of carboxylic acid groups (broad SMARTS) is 1. The number of hydrogen-bond donors (Lipinski definition) is 3. The van der Waals surface area contributed by atoms with E-state index in [1.165, 1.54) is 12.1 Å². The maximum Gasteiger partial charge on any atom is 0.335 e. The van der Waals surface area contributed by atoms with Crippen LogP contribution in [0, 0.1) is 18.8 Å². The first-order chi connectivity index (χ1) is 9.04. The summed E-state index contributed by atoms with van der Waals surface area (Å²) in [5.41, 5.74) is 1.48. The highest BCUT2D eigenvalue weighted by Crippen LogP contribution is 2.16. The fourth-order valence-electron chi connectivity index (χ4n) is 1.47. The Balaban J connectivity index is 2.58. The van der Waals surface area contributed by atoms with Gasteiger partial charge in [-0.05, 0) is 37.6 Å². The van der Waals surface area contributed by atoms with Crippen LogP contribution in [0.2, 0.25) is 0 Å². The minimum atomic E-state index is -0.989. The van der Waals surface area contributed by atoms with Crippen molar-refractivity contribution < 1.29 is 14.7 Å². The molecule has 0 fully saturated rings. The number of amides is 2. The molecule has 0 heterocycles. The summed E-state index contributed by atoms with van der Waals surface area (Å²) >= 11 is 0. The van der Waals surface area contributed by atoms with Crippen LogP contribution in [0.15, 0.2) is 18.2 Å². The number of rotatable bonds is 4. The van der Waals surface area contributed by atoms with Crippen molar-refractivity contribution in [3.8, 4) is 11.8 Å². The molecule has 0 aromatic heterocycles. The summed E-state index contributed by atoms with van der Waals surface area (Å²) in [5.74, 6) is 4.59. The molecule has 0 aliphatic rings. The molecule has 19 heavy (non-hydrogen) atoms. The third-order valence-electron chi connectivity index (χ3n) is 2.43. The summed E-state index contributed by atoms with van der Waals surface area (Å²) in [6.45, 7) is 3.96. The van der Waals surface area contributed by atoms with Crippen LogP contribution >= 0.6 is 0 Å². The molecule has 1 aromatic rings. The summed E-state index contributed by atoms with van der Waals surface area (Å²) in [5, 5.41) is 14.2. The predicted molar refractivity (Wildman–Crippen MR) is 73.2 cm³/mol. The van der Waals surface area contributed by atoms with Crippen LogP contribution in [0.5, 0.6) is 0 Å². The van der Waals surface area contributed by atoms with Gasteiger partial charge in [0.2, 0.25) is 0 Å². The summed E-state index contributed by atoms with van der Waals surface area (Å²) in [6, 6.07) is 4.21. The normalized spacial score (nSPS) is 9.16. The third kappa shape index (κ3) is 4.72. The van der Waals surface area contributed by atoms with E-state index in [0.717, 1.165) is 0 Å². The van der Waals surface area contributed by atoms with Gasteiger partial charge in [-0.25, -0.2) is 9.59 Å². The number of carboxylic acids is 1. The Labute approximate surface area is 112 Å². The second-order valence-corrected chi connectivity index (χ2v) is 3.89. The Morgan fingerprint density at radius 1 is 1.37 bits per heavy atom. The molecule has 1 rings (SSSR count). The lowest BCUT2D eigenvalue weighted by Crippen LogP contribution is -2.29. The van der Waals surface area contributed by atoms with E-state index in [9.17, 15) is 9.59 Å². The maximum atomic E-state index is 11.6. The summed E-state index contributed by atoms with van der Waals surface area (Å²) in [6.07, 6.45) is 0.598.